The standard InChI is InChI=1S/C16H25NO2/c1-11(2)12(3)15(17(4)5)13-7-9-14(10-8-13)16(18)19-6/h7-12,15H,1-6H3/t12-,15-/m1/s1. The van der Waals surface area contributed by atoms with Gasteiger partial charge in [0.25, 0.3) is 0 Å². The number of hydrogen-bond acceptors (Lipinski definition) is 3. The molecule has 0 heterocycles. The van der Waals surface area contributed by atoms with Crippen molar-refractivity contribution in [2.24, 2.45) is 11.8 Å². The van der Waals surface area contributed by atoms with Gasteiger partial charge in [0, 0.05) is 6.04 Å². The van der Waals surface area contributed by atoms with Crippen LogP contribution in [0.5, 0.6) is 0 Å². The van der Waals surface area contributed by atoms with Gasteiger partial charge in [0.05, 0.1) is 12.7 Å². The largest absolute Gasteiger partial charge is 0.465 e. The van der Waals surface area contributed by atoms with E-state index in [9.17, 15) is 4.79 Å². The van der Waals surface area contributed by atoms with E-state index in [4.69, 9.17) is 4.74 Å². The molecule has 0 aromatic heterocycles. The first-order valence-corrected chi connectivity index (χ1v) is 6.73. The summed E-state index contributed by atoms with van der Waals surface area (Å²) in [6.45, 7) is 6.75. The van der Waals surface area contributed by atoms with E-state index in [2.05, 4.69) is 39.8 Å². The number of hydrogen-bond donors (Lipinski definition) is 0. The van der Waals surface area contributed by atoms with E-state index < -0.39 is 0 Å². The Morgan fingerprint density at radius 2 is 1.63 bits per heavy atom. The monoisotopic (exact) mass is 263 g/mol. The van der Waals surface area contributed by atoms with Gasteiger partial charge in [-0.25, -0.2) is 4.79 Å². The lowest BCUT2D eigenvalue weighted by Crippen LogP contribution is -2.28. The molecule has 0 aliphatic heterocycles. The zero-order valence-corrected chi connectivity index (χ0v) is 12.8. The fraction of sp³-hybridized carbons (Fsp3) is 0.562. The molecule has 19 heavy (non-hydrogen) atoms. The molecule has 1 aromatic carbocycles. The van der Waals surface area contributed by atoms with Gasteiger partial charge < -0.3 is 9.64 Å². The summed E-state index contributed by atoms with van der Waals surface area (Å²) in [5.74, 6) is 0.858. The van der Waals surface area contributed by atoms with E-state index in [0.29, 0.717) is 23.4 Å². The third-order valence-electron chi connectivity index (χ3n) is 3.78. The summed E-state index contributed by atoms with van der Waals surface area (Å²) in [5.41, 5.74) is 1.83. The van der Waals surface area contributed by atoms with Gasteiger partial charge in [-0.2, -0.15) is 0 Å². The van der Waals surface area contributed by atoms with Crippen LogP contribution in [0.1, 0.15) is 42.7 Å². The zero-order valence-electron chi connectivity index (χ0n) is 12.8. The summed E-state index contributed by atoms with van der Waals surface area (Å²) in [7, 11) is 5.59. The summed E-state index contributed by atoms with van der Waals surface area (Å²) in [6.07, 6.45) is 0. The molecule has 0 spiro atoms. The normalized spacial score (nSPS) is 14.5. The first-order valence-electron chi connectivity index (χ1n) is 6.73. The molecular weight excluding hydrogens is 238 g/mol. The fourth-order valence-corrected chi connectivity index (χ4v) is 2.37. The van der Waals surface area contributed by atoms with Gasteiger partial charge in [-0.1, -0.05) is 32.9 Å². The molecule has 0 aliphatic carbocycles. The molecule has 106 valence electrons. The minimum absolute atomic E-state index is 0.287. The minimum atomic E-state index is -0.287. The highest BCUT2D eigenvalue weighted by Crippen LogP contribution is 2.31. The minimum Gasteiger partial charge on any atom is -0.465 e. The number of nitrogens with zero attached hydrogens (tertiary/aromatic N) is 1. The molecule has 0 N–H and O–H groups in total. The molecule has 0 unspecified atom stereocenters. The molecule has 2 atom stereocenters. The Balaban J connectivity index is 3.01. The Morgan fingerprint density at radius 3 is 2.00 bits per heavy atom. The van der Waals surface area contributed by atoms with Crippen LogP contribution in [-0.4, -0.2) is 32.1 Å². The van der Waals surface area contributed by atoms with Crippen molar-refractivity contribution in [3.8, 4) is 0 Å². The molecular formula is C16H25NO2. The Morgan fingerprint density at radius 1 is 1.11 bits per heavy atom. The van der Waals surface area contributed by atoms with Gasteiger partial charge in [-0.15, -0.1) is 0 Å². The van der Waals surface area contributed by atoms with Crippen LogP contribution in [0.3, 0.4) is 0 Å². The van der Waals surface area contributed by atoms with Gasteiger partial charge in [0.1, 0.15) is 0 Å². The lowest BCUT2D eigenvalue weighted by atomic mass is 9.85. The first-order chi connectivity index (χ1) is 8.88. The summed E-state index contributed by atoms with van der Waals surface area (Å²) in [5, 5.41) is 0. The summed E-state index contributed by atoms with van der Waals surface area (Å²) in [4.78, 5) is 13.7. The molecule has 1 aromatic rings. The highest BCUT2D eigenvalue weighted by atomic mass is 16.5. The van der Waals surface area contributed by atoms with Crippen molar-refractivity contribution >= 4 is 5.97 Å². The fourth-order valence-electron chi connectivity index (χ4n) is 2.37. The van der Waals surface area contributed by atoms with E-state index in [0.717, 1.165) is 0 Å². The van der Waals surface area contributed by atoms with Crippen LogP contribution in [0.4, 0.5) is 0 Å². The van der Waals surface area contributed by atoms with E-state index in [-0.39, 0.29) is 5.97 Å². The Kier molecular flexibility index (Phi) is 5.55. The average Bonchev–Trinajstić information content (AvgIpc) is 2.38. The first kappa shape index (κ1) is 15.7. The maximum Gasteiger partial charge on any atom is 0.337 e. The molecule has 1 rings (SSSR count). The third-order valence-corrected chi connectivity index (χ3v) is 3.78. The predicted octanol–water partition coefficient (Wildman–Crippen LogP) is 3.37. The predicted molar refractivity (Wildman–Crippen MR) is 78.2 cm³/mol. The Hall–Kier alpha value is -1.35. The van der Waals surface area contributed by atoms with Crippen LogP contribution in [0, 0.1) is 11.8 Å². The van der Waals surface area contributed by atoms with Gasteiger partial charge in [-0.3, -0.25) is 0 Å². The maximum absolute atomic E-state index is 11.4. The van der Waals surface area contributed by atoms with Crippen LogP contribution in [-0.2, 0) is 4.74 Å². The lowest BCUT2D eigenvalue weighted by molar-refractivity contribution is 0.0600. The van der Waals surface area contributed by atoms with Crippen molar-refractivity contribution < 1.29 is 9.53 Å². The molecule has 0 fully saturated rings. The van der Waals surface area contributed by atoms with Crippen molar-refractivity contribution in [3.63, 3.8) is 0 Å². The zero-order chi connectivity index (χ0) is 14.6. The number of rotatable bonds is 5. The molecule has 0 saturated carbocycles. The van der Waals surface area contributed by atoms with Crippen LogP contribution in [0.15, 0.2) is 24.3 Å². The van der Waals surface area contributed by atoms with E-state index in [1.165, 1.54) is 12.7 Å². The summed E-state index contributed by atoms with van der Waals surface area (Å²) < 4.78 is 4.72. The highest BCUT2D eigenvalue weighted by molar-refractivity contribution is 5.89. The smallest absolute Gasteiger partial charge is 0.337 e. The average molecular weight is 263 g/mol. The Labute approximate surface area is 116 Å². The third kappa shape index (κ3) is 3.80. The highest BCUT2D eigenvalue weighted by Gasteiger charge is 2.24. The second-order valence-electron chi connectivity index (χ2n) is 5.63. The van der Waals surface area contributed by atoms with Crippen LogP contribution in [0.2, 0.25) is 0 Å². The van der Waals surface area contributed by atoms with E-state index >= 15 is 0 Å². The second-order valence-corrected chi connectivity index (χ2v) is 5.63. The summed E-state index contributed by atoms with van der Waals surface area (Å²) >= 11 is 0. The topological polar surface area (TPSA) is 29.5 Å². The second kappa shape index (κ2) is 6.71. The number of methoxy groups -OCH3 is 1. The van der Waals surface area contributed by atoms with Crippen molar-refractivity contribution in [2.45, 2.75) is 26.8 Å². The van der Waals surface area contributed by atoms with Gasteiger partial charge in [-0.05, 0) is 43.6 Å². The van der Waals surface area contributed by atoms with Crippen molar-refractivity contribution in [1.82, 2.24) is 4.90 Å². The number of esters is 1. The van der Waals surface area contributed by atoms with Crippen molar-refractivity contribution in [3.05, 3.63) is 35.4 Å². The lowest BCUT2D eigenvalue weighted by Gasteiger charge is -2.33. The SMILES string of the molecule is COC(=O)c1ccc([C@@H]([C@H](C)C(C)C)N(C)C)cc1. The molecule has 0 bridgehead atoms. The van der Waals surface area contributed by atoms with Gasteiger partial charge >= 0.3 is 5.97 Å². The summed E-state index contributed by atoms with van der Waals surface area (Å²) in [6, 6.07) is 8.08. The maximum atomic E-state index is 11.4. The van der Waals surface area contributed by atoms with E-state index in [1.807, 2.05) is 24.3 Å². The van der Waals surface area contributed by atoms with Crippen LogP contribution >= 0.6 is 0 Å². The van der Waals surface area contributed by atoms with Crippen LogP contribution in [0.25, 0.3) is 0 Å². The number of carbonyl (C=O) groups excluding carboxylic acids is 1. The number of ether oxygens (including phenoxy) is 1. The van der Waals surface area contributed by atoms with E-state index in [1.54, 1.807) is 0 Å². The quantitative estimate of drug-likeness (QED) is 0.763. The Bertz CT molecular complexity index is 409. The molecule has 0 radical (unpaired) electrons. The molecule has 0 aliphatic rings. The van der Waals surface area contributed by atoms with Gasteiger partial charge in [0.15, 0.2) is 0 Å². The molecule has 0 saturated heterocycles. The van der Waals surface area contributed by atoms with Gasteiger partial charge in [0.2, 0.25) is 0 Å². The van der Waals surface area contributed by atoms with Crippen molar-refractivity contribution in [2.75, 3.05) is 21.2 Å². The molecule has 0 amide bonds. The molecule has 3 nitrogen and oxygen atoms in total. The molecule has 3 heteroatoms. The van der Waals surface area contributed by atoms with Crippen molar-refractivity contribution in [1.29, 1.82) is 0 Å². The number of benzene rings is 1. The number of carbonyl (C=O) groups is 1. The van der Waals surface area contributed by atoms with Crippen LogP contribution < -0.4 is 0 Å².